The zero-order valence-corrected chi connectivity index (χ0v) is 11.6. The summed E-state index contributed by atoms with van der Waals surface area (Å²) in [4.78, 5) is 24.7. The van der Waals surface area contributed by atoms with Crippen molar-refractivity contribution in [1.29, 1.82) is 0 Å². The molecule has 0 aromatic carbocycles. The molecule has 1 saturated heterocycles. The molecule has 1 rings (SSSR count). The Kier molecular flexibility index (Phi) is 6.12. The van der Waals surface area contributed by atoms with Crippen LogP contribution >= 0.6 is 0 Å². The fourth-order valence-corrected chi connectivity index (χ4v) is 2.04. The molecule has 0 aromatic heterocycles. The lowest BCUT2D eigenvalue weighted by Gasteiger charge is -2.24. The summed E-state index contributed by atoms with van der Waals surface area (Å²) in [5, 5.41) is 2.82. The van der Waals surface area contributed by atoms with Crippen molar-refractivity contribution >= 4 is 11.8 Å². The van der Waals surface area contributed by atoms with Crippen LogP contribution in [-0.2, 0) is 14.3 Å². The van der Waals surface area contributed by atoms with E-state index in [4.69, 9.17) is 4.74 Å². The zero-order valence-electron chi connectivity index (χ0n) is 11.6. The average molecular weight is 256 g/mol. The van der Waals surface area contributed by atoms with E-state index in [9.17, 15) is 9.59 Å². The van der Waals surface area contributed by atoms with E-state index in [1.807, 2.05) is 13.8 Å². The summed E-state index contributed by atoms with van der Waals surface area (Å²) < 4.78 is 5.51. The molecule has 0 radical (unpaired) electrons. The van der Waals surface area contributed by atoms with E-state index in [1.54, 1.807) is 4.90 Å². The van der Waals surface area contributed by atoms with Crippen LogP contribution in [0.4, 0.5) is 0 Å². The lowest BCUT2D eigenvalue weighted by atomic mass is 10.2. The first-order chi connectivity index (χ1) is 8.49. The molecule has 0 saturated carbocycles. The van der Waals surface area contributed by atoms with Gasteiger partial charge in [-0.3, -0.25) is 9.59 Å². The summed E-state index contributed by atoms with van der Waals surface area (Å²) in [5.41, 5.74) is 0. The molecule has 1 N–H and O–H groups in total. The summed E-state index contributed by atoms with van der Waals surface area (Å²) >= 11 is 0. The molecule has 5 nitrogen and oxygen atoms in total. The normalized spacial score (nSPS) is 19.0. The number of nitrogens with one attached hydrogen (secondary N) is 1. The minimum atomic E-state index is -0.0106. The van der Waals surface area contributed by atoms with Crippen molar-refractivity contribution in [2.45, 2.75) is 52.2 Å². The van der Waals surface area contributed by atoms with Crippen LogP contribution in [0.2, 0.25) is 0 Å². The Hall–Kier alpha value is -1.10. The molecule has 0 aromatic rings. The Morgan fingerprint density at radius 2 is 2.17 bits per heavy atom. The molecule has 2 amide bonds. The number of carbonyl (C=O) groups is 2. The van der Waals surface area contributed by atoms with Crippen molar-refractivity contribution in [2.24, 2.45) is 0 Å². The van der Waals surface area contributed by atoms with E-state index in [1.165, 1.54) is 6.92 Å². The third kappa shape index (κ3) is 5.49. The van der Waals surface area contributed by atoms with Crippen molar-refractivity contribution in [2.75, 3.05) is 19.7 Å². The molecule has 104 valence electrons. The van der Waals surface area contributed by atoms with E-state index >= 15 is 0 Å². The second-order valence-corrected chi connectivity index (χ2v) is 5.07. The van der Waals surface area contributed by atoms with Crippen LogP contribution in [0, 0.1) is 0 Å². The Morgan fingerprint density at radius 3 is 2.67 bits per heavy atom. The van der Waals surface area contributed by atoms with Gasteiger partial charge in [0.2, 0.25) is 11.8 Å². The van der Waals surface area contributed by atoms with Gasteiger partial charge in [0.15, 0.2) is 0 Å². The van der Waals surface area contributed by atoms with Gasteiger partial charge in [0, 0.05) is 39.1 Å². The first-order valence-corrected chi connectivity index (χ1v) is 6.65. The van der Waals surface area contributed by atoms with E-state index in [2.05, 4.69) is 5.32 Å². The third-order valence-corrected chi connectivity index (χ3v) is 2.95. The van der Waals surface area contributed by atoms with Gasteiger partial charge >= 0.3 is 0 Å². The highest BCUT2D eigenvalue weighted by molar-refractivity contribution is 5.78. The van der Waals surface area contributed by atoms with Gasteiger partial charge in [-0.1, -0.05) is 0 Å². The van der Waals surface area contributed by atoms with Crippen LogP contribution < -0.4 is 5.32 Å². The van der Waals surface area contributed by atoms with Crippen molar-refractivity contribution in [1.82, 2.24) is 10.2 Å². The first kappa shape index (κ1) is 15.0. The Morgan fingerprint density at radius 1 is 1.44 bits per heavy atom. The predicted molar refractivity (Wildman–Crippen MR) is 69.1 cm³/mol. The van der Waals surface area contributed by atoms with Gasteiger partial charge in [-0.2, -0.15) is 0 Å². The summed E-state index contributed by atoms with van der Waals surface area (Å²) in [6.07, 6.45) is 2.55. The molecule has 5 heteroatoms. The number of ether oxygens (including phenoxy) is 1. The summed E-state index contributed by atoms with van der Waals surface area (Å²) in [5.74, 6) is -0.00793. The van der Waals surface area contributed by atoms with Crippen molar-refractivity contribution in [3.8, 4) is 0 Å². The minimum Gasteiger partial charge on any atom is -0.376 e. The fraction of sp³-hybridized carbons (Fsp3) is 0.846. The van der Waals surface area contributed by atoms with E-state index in [0.717, 1.165) is 19.4 Å². The van der Waals surface area contributed by atoms with Gasteiger partial charge in [-0.15, -0.1) is 0 Å². The van der Waals surface area contributed by atoms with Crippen molar-refractivity contribution < 1.29 is 14.3 Å². The molecule has 1 fully saturated rings. The highest BCUT2D eigenvalue weighted by Gasteiger charge is 2.21. The minimum absolute atomic E-state index is 0.00264. The van der Waals surface area contributed by atoms with Gasteiger partial charge in [0.25, 0.3) is 0 Å². The third-order valence-electron chi connectivity index (χ3n) is 2.95. The van der Waals surface area contributed by atoms with E-state index < -0.39 is 0 Å². The number of amides is 2. The van der Waals surface area contributed by atoms with E-state index in [-0.39, 0.29) is 24.0 Å². The lowest BCUT2D eigenvalue weighted by Crippen LogP contribution is -2.39. The maximum Gasteiger partial charge on any atom is 0.221 e. The summed E-state index contributed by atoms with van der Waals surface area (Å²) in [7, 11) is 0. The Labute approximate surface area is 109 Å². The molecule has 1 heterocycles. The molecule has 0 aliphatic carbocycles. The molecule has 1 atom stereocenters. The number of carbonyl (C=O) groups excluding carboxylic acids is 2. The highest BCUT2D eigenvalue weighted by Crippen LogP contribution is 2.13. The fourth-order valence-electron chi connectivity index (χ4n) is 2.04. The summed E-state index contributed by atoms with van der Waals surface area (Å²) in [6, 6.07) is 0.140. The quantitative estimate of drug-likeness (QED) is 0.769. The molecule has 1 aliphatic heterocycles. The highest BCUT2D eigenvalue weighted by atomic mass is 16.5. The second kappa shape index (κ2) is 7.36. The smallest absolute Gasteiger partial charge is 0.221 e. The first-order valence-electron chi connectivity index (χ1n) is 6.65. The zero-order chi connectivity index (χ0) is 13.5. The second-order valence-electron chi connectivity index (χ2n) is 5.07. The maximum absolute atomic E-state index is 11.5. The largest absolute Gasteiger partial charge is 0.376 e. The molecule has 0 spiro atoms. The molecule has 0 bridgehead atoms. The Balaban J connectivity index is 2.33. The van der Waals surface area contributed by atoms with Crippen LogP contribution in [0.1, 0.15) is 40.0 Å². The van der Waals surface area contributed by atoms with Crippen LogP contribution in [0.15, 0.2) is 0 Å². The monoisotopic (exact) mass is 256 g/mol. The lowest BCUT2D eigenvalue weighted by molar-refractivity contribution is -0.131. The van der Waals surface area contributed by atoms with Gasteiger partial charge in [0.1, 0.15) is 0 Å². The SMILES string of the molecule is CC(=O)N(CCC(=O)NC(C)C)CC1CCCO1. The standard InChI is InChI=1S/C13H24N2O3/c1-10(2)14-13(17)6-7-15(11(3)16)9-12-5-4-8-18-12/h10,12H,4-9H2,1-3H3,(H,14,17). The van der Waals surface area contributed by atoms with Gasteiger partial charge in [0.05, 0.1) is 6.10 Å². The molecule has 1 aliphatic rings. The molecule has 18 heavy (non-hydrogen) atoms. The number of nitrogens with zero attached hydrogens (tertiary/aromatic N) is 1. The predicted octanol–water partition coefficient (Wildman–Crippen LogP) is 0.929. The van der Waals surface area contributed by atoms with Gasteiger partial charge < -0.3 is 15.0 Å². The van der Waals surface area contributed by atoms with Crippen LogP contribution in [0.25, 0.3) is 0 Å². The van der Waals surface area contributed by atoms with Gasteiger partial charge in [-0.25, -0.2) is 0 Å². The number of hydrogen-bond acceptors (Lipinski definition) is 3. The van der Waals surface area contributed by atoms with Crippen molar-refractivity contribution in [3.05, 3.63) is 0 Å². The Bertz CT molecular complexity index is 286. The molecule has 1 unspecified atom stereocenters. The average Bonchev–Trinajstić information content (AvgIpc) is 2.75. The van der Waals surface area contributed by atoms with Crippen molar-refractivity contribution in [3.63, 3.8) is 0 Å². The van der Waals surface area contributed by atoms with E-state index in [0.29, 0.717) is 19.5 Å². The molecular formula is C13H24N2O3. The maximum atomic E-state index is 11.5. The summed E-state index contributed by atoms with van der Waals surface area (Å²) in [6.45, 7) is 7.23. The van der Waals surface area contributed by atoms with Gasteiger partial charge in [-0.05, 0) is 26.7 Å². The van der Waals surface area contributed by atoms with Crippen LogP contribution in [-0.4, -0.2) is 48.6 Å². The molecular weight excluding hydrogens is 232 g/mol. The number of rotatable bonds is 6. The topological polar surface area (TPSA) is 58.6 Å². The van der Waals surface area contributed by atoms with Crippen LogP contribution in [0.5, 0.6) is 0 Å². The van der Waals surface area contributed by atoms with Crippen LogP contribution in [0.3, 0.4) is 0 Å². The number of hydrogen-bond donors (Lipinski definition) is 1.